The summed E-state index contributed by atoms with van der Waals surface area (Å²) in [6, 6.07) is 17.2. The van der Waals surface area contributed by atoms with Crippen LogP contribution in [0.4, 0.5) is 0 Å². The lowest BCUT2D eigenvalue weighted by Crippen LogP contribution is -2.27. The molecule has 1 aliphatic heterocycles. The smallest absolute Gasteiger partial charge is 0.276 e. The topological polar surface area (TPSA) is 65.8 Å². The number of hydrogen-bond donors (Lipinski definition) is 1. The summed E-state index contributed by atoms with van der Waals surface area (Å²) in [5.41, 5.74) is 2.58. The Morgan fingerprint density at radius 1 is 1.07 bits per heavy atom. The third-order valence-electron chi connectivity index (χ3n) is 4.51. The molecule has 0 fully saturated rings. The molecular weight excluding hydrogens is 362 g/mol. The van der Waals surface area contributed by atoms with E-state index in [1.807, 2.05) is 18.2 Å². The number of rotatable bonds is 3. The summed E-state index contributed by atoms with van der Waals surface area (Å²) in [6.07, 6.45) is 3.87. The van der Waals surface area contributed by atoms with Crippen molar-refractivity contribution in [2.45, 2.75) is 12.5 Å². The molecule has 1 atom stereocenters. The number of aromatic nitrogens is 1. The Labute approximate surface area is 161 Å². The second-order valence-corrected chi connectivity index (χ2v) is 6.60. The number of benzene rings is 2. The molecule has 1 N–H and O–H groups in total. The van der Waals surface area contributed by atoms with Crippen molar-refractivity contribution in [1.29, 1.82) is 0 Å². The number of hydrazone groups is 1. The zero-order valence-corrected chi connectivity index (χ0v) is 15.0. The monoisotopic (exact) mass is 377 g/mol. The zero-order valence-electron chi connectivity index (χ0n) is 14.3. The second kappa shape index (κ2) is 7.21. The maximum Gasteiger partial charge on any atom is 0.276 e. The van der Waals surface area contributed by atoms with E-state index in [1.165, 1.54) is 5.01 Å². The number of hydrogen-bond acceptors (Lipinski definition) is 4. The van der Waals surface area contributed by atoms with Crippen LogP contribution in [-0.2, 0) is 0 Å². The minimum absolute atomic E-state index is 0.127. The van der Waals surface area contributed by atoms with Crippen molar-refractivity contribution in [2.24, 2.45) is 5.10 Å². The number of nitrogens with zero attached hydrogens (tertiary/aromatic N) is 3. The summed E-state index contributed by atoms with van der Waals surface area (Å²) in [7, 11) is 0. The Morgan fingerprint density at radius 2 is 1.85 bits per heavy atom. The van der Waals surface area contributed by atoms with Crippen LogP contribution in [0.5, 0.6) is 5.75 Å². The van der Waals surface area contributed by atoms with E-state index in [1.54, 1.807) is 54.9 Å². The number of carbonyl (C=O) groups excluding carboxylic acids is 1. The van der Waals surface area contributed by atoms with E-state index >= 15 is 0 Å². The summed E-state index contributed by atoms with van der Waals surface area (Å²) >= 11 is 6.22. The average molecular weight is 378 g/mol. The molecule has 1 aliphatic rings. The van der Waals surface area contributed by atoms with E-state index in [4.69, 9.17) is 11.6 Å². The fraction of sp³-hybridized carbons (Fsp3) is 0.0952. The second-order valence-electron chi connectivity index (χ2n) is 6.20. The van der Waals surface area contributed by atoms with Gasteiger partial charge in [-0.1, -0.05) is 48.0 Å². The number of phenolic OH excluding ortho intramolecular Hbond substituents is 1. The van der Waals surface area contributed by atoms with Gasteiger partial charge in [0, 0.05) is 29.9 Å². The van der Waals surface area contributed by atoms with Gasteiger partial charge in [-0.15, -0.1) is 0 Å². The summed E-state index contributed by atoms with van der Waals surface area (Å²) in [5, 5.41) is 16.7. The predicted molar refractivity (Wildman–Crippen MR) is 104 cm³/mol. The van der Waals surface area contributed by atoms with Gasteiger partial charge in [-0.3, -0.25) is 9.78 Å². The number of pyridine rings is 1. The molecule has 6 heteroatoms. The van der Waals surface area contributed by atoms with Crippen LogP contribution in [0.2, 0.25) is 5.02 Å². The predicted octanol–water partition coefficient (Wildman–Crippen LogP) is 4.43. The van der Waals surface area contributed by atoms with Crippen LogP contribution in [0, 0.1) is 0 Å². The molecular formula is C21H16ClN3O2. The zero-order chi connectivity index (χ0) is 18.8. The number of para-hydroxylation sites is 1. The van der Waals surface area contributed by atoms with Gasteiger partial charge in [0.15, 0.2) is 0 Å². The molecule has 2 heterocycles. The molecule has 27 heavy (non-hydrogen) atoms. The van der Waals surface area contributed by atoms with E-state index in [0.29, 0.717) is 22.6 Å². The lowest BCUT2D eigenvalue weighted by molar-refractivity contribution is 0.0710. The Bertz CT molecular complexity index is 1020. The fourth-order valence-corrected chi connectivity index (χ4v) is 3.39. The third-order valence-corrected chi connectivity index (χ3v) is 4.84. The molecule has 4 rings (SSSR count). The van der Waals surface area contributed by atoms with E-state index in [9.17, 15) is 9.90 Å². The van der Waals surface area contributed by atoms with E-state index in [2.05, 4.69) is 10.1 Å². The van der Waals surface area contributed by atoms with E-state index in [0.717, 1.165) is 11.3 Å². The van der Waals surface area contributed by atoms with Crippen molar-refractivity contribution in [2.75, 3.05) is 0 Å². The van der Waals surface area contributed by atoms with Crippen molar-refractivity contribution >= 4 is 23.2 Å². The number of carbonyl (C=O) groups is 1. The molecule has 5 nitrogen and oxygen atoms in total. The Balaban J connectivity index is 1.78. The Hall–Kier alpha value is -3.18. The van der Waals surface area contributed by atoms with Crippen molar-refractivity contribution in [3.05, 3.63) is 94.8 Å². The van der Waals surface area contributed by atoms with Crippen LogP contribution < -0.4 is 0 Å². The molecule has 0 saturated heterocycles. The van der Waals surface area contributed by atoms with Gasteiger partial charge >= 0.3 is 0 Å². The molecule has 0 bridgehead atoms. The van der Waals surface area contributed by atoms with Gasteiger partial charge in [0.25, 0.3) is 5.91 Å². The Morgan fingerprint density at radius 3 is 2.59 bits per heavy atom. The van der Waals surface area contributed by atoms with Crippen LogP contribution in [0.1, 0.15) is 33.9 Å². The number of amides is 1. The number of halogens is 1. The maximum atomic E-state index is 13.2. The van der Waals surface area contributed by atoms with Crippen molar-refractivity contribution in [1.82, 2.24) is 9.99 Å². The van der Waals surface area contributed by atoms with Gasteiger partial charge < -0.3 is 5.11 Å². The minimum Gasteiger partial charge on any atom is -0.508 e. The molecule has 1 aromatic heterocycles. The first-order valence-corrected chi connectivity index (χ1v) is 8.87. The molecule has 0 unspecified atom stereocenters. The first-order chi connectivity index (χ1) is 13.1. The van der Waals surface area contributed by atoms with Gasteiger partial charge in [-0.05, 0) is 24.3 Å². The largest absolute Gasteiger partial charge is 0.508 e. The lowest BCUT2D eigenvalue weighted by Gasteiger charge is -2.23. The molecule has 0 aliphatic carbocycles. The third kappa shape index (κ3) is 3.29. The average Bonchev–Trinajstić information content (AvgIpc) is 3.14. The molecule has 134 valence electrons. The van der Waals surface area contributed by atoms with Gasteiger partial charge in [0.1, 0.15) is 5.75 Å². The van der Waals surface area contributed by atoms with Crippen LogP contribution in [0.15, 0.2) is 78.2 Å². The van der Waals surface area contributed by atoms with Gasteiger partial charge in [0.05, 0.1) is 22.3 Å². The highest BCUT2D eigenvalue weighted by Gasteiger charge is 2.35. The highest BCUT2D eigenvalue weighted by molar-refractivity contribution is 6.33. The Kier molecular flexibility index (Phi) is 4.60. The normalized spacial score (nSPS) is 16.3. The molecule has 0 saturated carbocycles. The fourth-order valence-electron chi connectivity index (χ4n) is 3.18. The van der Waals surface area contributed by atoms with Crippen molar-refractivity contribution in [3.63, 3.8) is 0 Å². The number of phenols is 1. The van der Waals surface area contributed by atoms with Gasteiger partial charge in [0.2, 0.25) is 0 Å². The van der Waals surface area contributed by atoms with Crippen molar-refractivity contribution in [3.8, 4) is 5.75 Å². The van der Waals surface area contributed by atoms with E-state index < -0.39 is 6.04 Å². The summed E-state index contributed by atoms with van der Waals surface area (Å²) < 4.78 is 0. The first kappa shape index (κ1) is 17.2. The molecule has 2 aromatic carbocycles. The molecule has 0 radical (unpaired) electrons. The molecule has 0 spiro atoms. The van der Waals surface area contributed by atoms with E-state index in [-0.39, 0.29) is 11.7 Å². The van der Waals surface area contributed by atoms with Crippen molar-refractivity contribution < 1.29 is 9.90 Å². The summed E-state index contributed by atoms with van der Waals surface area (Å²) in [6.45, 7) is 0. The highest BCUT2D eigenvalue weighted by Crippen LogP contribution is 2.38. The van der Waals surface area contributed by atoms with Crippen LogP contribution >= 0.6 is 11.6 Å². The maximum absolute atomic E-state index is 13.2. The van der Waals surface area contributed by atoms with Crippen LogP contribution in [0.3, 0.4) is 0 Å². The molecule has 3 aromatic rings. The van der Waals surface area contributed by atoms with Gasteiger partial charge in [-0.25, -0.2) is 5.01 Å². The highest BCUT2D eigenvalue weighted by atomic mass is 35.5. The SMILES string of the molecule is O=C(c1ccccc1Cl)N1N=C(c2cccnc2)C[C@H]1c1ccccc1O. The van der Waals surface area contributed by atoms with Crippen LogP contribution in [0.25, 0.3) is 0 Å². The summed E-state index contributed by atoms with van der Waals surface area (Å²) in [5.74, 6) is -0.185. The number of aromatic hydroxyl groups is 1. The van der Waals surface area contributed by atoms with Gasteiger partial charge in [-0.2, -0.15) is 5.10 Å². The lowest BCUT2D eigenvalue weighted by atomic mass is 9.98. The minimum atomic E-state index is -0.426. The molecule has 1 amide bonds. The van der Waals surface area contributed by atoms with Crippen LogP contribution in [-0.4, -0.2) is 26.7 Å². The standard InChI is InChI=1S/C21H16ClN3O2/c22-17-9-3-1-7-15(17)21(27)25-19(16-8-2-4-10-20(16)26)12-18(24-25)14-6-5-11-23-13-14/h1-11,13,19,26H,12H2/t19-/m0/s1. The first-order valence-electron chi connectivity index (χ1n) is 8.49. The quantitative estimate of drug-likeness (QED) is 0.734. The summed E-state index contributed by atoms with van der Waals surface area (Å²) in [4.78, 5) is 17.3.